The number of nitrogens with two attached hydrogens (primary N) is 1. The normalized spacial score (nSPS) is 25.8. The molecule has 2 saturated heterocycles. The molecule has 2 bridgehead atoms. The summed E-state index contributed by atoms with van der Waals surface area (Å²) in [6.45, 7) is 3.98. The molecule has 1 aliphatic carbocycles. The molecule has 5 nitrogen and oxygen atoms in total. The molecule has 0 spiro atoms. The number of piperidine rings is 1. The summed E-state index contributed by atoms with van der Waals surface area (Å²) < 4.78 is 40.8. The molecule has 2 aliphatic heterocycles. The molecule has 176 valence electrons. The Hall–Kier alpha value is -2.09. The number of carbonyl (C=O) groups excluding carboxylic acids is 2. The van der Waals surface area contributed by atoms with Gasteiger partial charge in [-0.15, -0.1) is 0 Å². The van der Waals surface area contributed by atoms with Gasteiger partial charge in [-0.05, 0) is 76.3 Å². The summed E-state index contributed by atoms with van der Waals surface area (Å²) in [5.74, 6) is -2.88. The molecule has 0 radical (unpaired) electrons. The molecule has 2 unspecified atom stereocenters. The minimum absolute atomic E-state index is 0.0149. The fraction of sp³-hybridized carbons (Fsp3) is 0.667. The number of hydrogen-bond donors (Lipinski definition) is 1. The Labute approximate surface area is 187 Å². The average molecular weight is 452 g/mol. The molecule has 3 fully saturated rings. The highest BCUT2D eigenvalue weighted by Crippen LogP contribution is 2.40. The monoisotopic (exact) mass is 451 g/mol. The first-order valence-electron chi connectivity index (χ1n) is 11.7. The van der Waals surface area contributed by atoms with Crippen molar-refractivity contribution in [1.82, 2.24) is 9.80 Å². The SMILES string of the molecule is CC(C)N(CC(=O)N1C2CCC1CC([C@H](N)Cc1cc(F)c(F)cc1F)C2)C(=O)C1CC1. The highest BCUT2D eigenvalue weighted by molar-refractivity contribution is 5.87. The van der Waals surface area contributed by atoms with Crippen LogP contribution in [0.2, 0.25) is 0 Å². The summed E-state index contributed by atoms with van der Waals surface area (Å²) >= 11 is 0. The van der Waals surface area contributed by atoms with Crippen LogP contribution in [-0.2, 0) is 16.0 Å². The summed E-state index contributed by atoms with van der Waals surface area (Å²) in [4.78, 5) is 29.4. The standard InChI is InChI=1S/C24H32F3N3O2/c1-13(2)29(24(32)14-3-4-14)12-23(31)30-17-5-6-18(30)8-16(7-17)22(28)10-15-9-20(26)21(27)11-19(15)25/h9,11,13-14,16-18,22H,3-8,10,12,28H2,1-2H3/t16?,17?,18?,22-/m1/s1. The minimum atomic E-state index is -1.21. The Bertz CT molecular complexity index is 875. The smallest absolute Gasteiger partial charge is 0.242 e. The first kappa shape index (κ1) is 23.1. The number of rotatable bonds is 7. The summed E-state index contributed by atoms with van der Waals surface area (Å²) in [5.41, 5.74) is 6.45. The van der Waals surface area contributed by atoms with E-state index >= 15 is 0 Å². The van der Waals surface area contributed by atoms with Crippen molar-refractivity contribution in [3.05, 3.63) is 35.1 Å². The Balaban J connectivity index is 1.39. The van der Waals surface area contributed by atoms with Crippen LogP contribution < -0.4 is 5.73 Å². The summed E-state index contributed by atoms with van der Waals surface area (Å²) in [7, 11) is 0. The van der Waals surface area contributed by atoms with E-state index in [1.165, 1.54) is 0 Å². The van der Waals surface area contributed by atoms with E-state index in [4.69, 9.17) is 5.73 Å². The Morgan fingerprint density at radius 1 is 1.03 bits per heavy atom. The van der Waals surface area contributed by atoms with Crippen LogP contribution in [0.25, 0.3) is 0 Å². The van der Waals surface area contributed by atoms with Crippen molar-refractivity contribution in [3.8, 4) is 0 Å². The van der Waals surface area contributed by atoms with Crippen LogP contribution in [0.4, 0.5) is 13.2 Å². The van der Waals surface area contributed by atoms with Gasteiger partial charge in [-0.2, -0.15) is 0 Å². The molecule has 2 heterocycles. The predicted octanol–water partition coefficient (Wildman–Crippen LogP) is 3.39. The van der Waals surface area contributed by atoms with Crippen molar-refractivity contribution in [2.45, 2.75) is 83.0 Å². The number of halogens is 3. The van der Waals surface area contributed by atoms with Crippen LogP contribution in [0.5, 0.6) is 0 Å². The molecular weight excluding hydrogens is 419 g/mol. The maximum Gasteiger partial charge on any atom is 0.242 e. The topological polar surface area (TPSA) is 66.6 Å². The van der Waals surface area contributed by atoms with Gasteiger partial charge in [-0.3, -0.25) is 9.59 Å². The highest BCUT2D eigenvalue weighted by atomic mass is 19.2. The van der Waals surface area contributed by atoms with Crippen LogP contribution in [0.3, 0.4) is 0 Å². The fourth-order valence-corrected chi connectivity index (χ4v) is 5.42. The molecule has 2 N–H and O–H groups in total. The summed E-state index contributed by atoms with van der Waals surface area (Å²) in [5, 5.41) is 0. The molecule has 4 rings (SSSR count). The molecule has 32 heavy (non-hydrogen) atoms. The van der Waals surface area contributed by atoms with Gasteiger partial charge in [0.15, 0.2) is 11.6 Å². The van der Waals surface area contributed by atoms with Gasteiger partial charge in [0.25, 0.3) is 0 Å². The van der Waals surface area contributed by atoms with Gasteiger partial charge in [0.2, 0.25) is 11.8 Å². The lowest BCUT2D eigenvalue weighted by Gasteiger charge is -2.42. The lowest BCUT2D eigenvalue weighted by Crippen LogP contribution is -2.54. The highest BCUT2D eigenvalue weighted by Gasteiger charge is 2.45. The van der Waals surface area contributed by atoms with Crippen LogP contribution in [0, 0.1) is 29.3 Å². The zero-order valence-corrected chi connectivity index (χ0v) is 18.7. The second-order valence-corrected chi connectivity index (χ2v) is 9.98. The van der Waals surface area contributed by atoms with Crippen LogP contribution in [0.1, 0.15) is 57.9 Å². The molecule has 2 amide bonds. The molecular formula is C24H32F3N3O2. The number of benzene rings is 1. The van der Waals surface area contributed by atoms with Gasteiger partial charge < -0.3 is 15.5 Å². The first-order valence-corrected chi connectivity index (χ1v) is 11.7. The number of hydrogen-bond acceptors (Lipinski definition) is 3. The van der Waals surface area contributed by atoms with Gasteiger partial charge >= 0.3 is 0 Å². The van der Waals surface area contributed by atoms with E-state index in [9.17, 15) is 22.8 Å². The molecule has 3 atom stereocenters. The van der Waals surface area contributed by atoms with E-state index in [1.807, 2.05) is 18.7 Å². The lowest BCUT2D eigenvalue weighted by molar-refractivity contribution is -0.145. The maximum absolute atomic E-state index is 14.1. The zero-order valence-electron chi connectivity index (χ0n) is 18.7. The third-order valence-corrected chi connectivity index (χ3v) is 7.35. The van der Waals surface area contributed by atoms with Crippen LogP contribution in [0.15, 0.2) is 12.1 Å². The molecule has 1 saturated carbocycles. The van der Waals surface area contributed by atoms with Crippen molar-refractivity contribution < 1.29 is 22.8 Å². The van der Waals surface area contributed by atoms with Crippen LogP contribution >= 0.6 is 0 Å². The molecule has 8 heteroatoms. The Morgan fingerprint density at radius 2 is 1.62 bits per heavy atom. The quantitative estimate of drug-likeness (QED) is 0.647. The number of nitrogens with zero attached hydrogens (tertiary/aromatic N) is 2. The van der Waals surface area contributed by atoms with E-state index in [0.29, 0.717) is 18.9 Å². The van der Waals surface area contributed by atoms with E-state index < -0.39 is 23.5 Å². The lowest BCUT2D eigenvalue weighted by atomic mass is 9.82. The maximum atomic E-state index is 14.1. The average Bonchev–Trinajstić information content (AvgIpc) is 3.54. The number of fused-ring (bicyclic) bond motifs is 2. The van der Waals surface area contributed by atoms with E-state index in [1.54, 1.807) is 4.90 Å². The second-order valence-electron chi connectivity index (χ2n) is 9.98. The van der Waals surface area contributed by atoms with Crippen molar-refractivity contribution in [3.63, 3.8) is 0 Å². The van der Waals surface area contributed by atoms with Gasteiger partial charge in [-0.1, -0.05) is 0 Å². The zero-order chi connectivity index (χ0) is 23.2. The number of amides is 2. The summed E-state index contributed by atoms with van der Waals surface area (Å²) in [6.07, 6.45) is 5.11. The first-order chi connectivity index (χ1) is 15.2. The van der Waals surface area contributed by atoms with Crippen LogP contribution in [-0.4, -0.2) is 52.3 Å². The van der Waals surface area contributed by atoms with Crippen molar-refractivity contribution in [1.29, 1.82) is 0 Å². The van der Waals surface area contributed by atoms with Crippen molar-refractivity contribution in [2.24, 2.45) is 17.6 Å². The third-order valence-electron chi connectivity index (χ3n) is 7.35. The number of carbonyl (C=O) groups is 2. The Kier molecular flexibility index (Phi) is 6.52. The van der Waals surface area contributed by atoms with Crippen molar-refractivity contribution in [2.75, 3.05) is 6.54 Å². The summed E-state index contributed by atoms with van der Waals surface area (Å²) in [6, 6.07) is 1.12. The van der Waals surface area contributed by atoms with Gasteiger partial charge in [0.1, 0.15) is 12.4 Å². The van der Waals surface area contributed by atoms with E-state index in [0.717, 1.165) is 31.7 Å². The fourth-order valence-electron chi connectivity index (χ4n) is 5.42. The second kappa shape index (κ2) is 9.04. The van der Waals surface area contributed by atoms with Crippen molar-refractivity contribution >= 4 is 11.8 Å². The van der Waals surface area contributed by atoms with E-state index in [2.05, 4.69) is 0 Å². The third kappa shape index (κ3) is 4.65. The molecule has 0 aromatic heterocycles. The predicted molar refractivity (Wildman–Crippen MR) is 114 cm³/mol. The molecule has 1 aromatic rings. The van der Waals surface area contributed by atoms with E-state index in [-0.39, 0.29) is 60.3 Å². The van der Waals surface area contributed by atoms with Gasteiger partial charge in [-0.25, -0.2) is 13.2 Å². The molecule has 1 aromatic carbocycles. The van der Waals surface area contributed by atoms with Gasteiger partial charge in [0, 0.05) is 36.2 Å². The minimum Gasteiger partial charge on any atom is -0.335 e. The Morgan fingerprint density at radius 3 is 2.19 bits per heavy atom. The largest absolute Gasteiger partial charge is 0.335 e. The molecule has 3 aliphatic rings. The van der Waals surface area contributed by atoms with Gasteiger partial charge in [0.05, 0.1) is 0 Å².